The Balaban J connectivity index is 1.46. The Hall–Kier alpha value is -4.28. The number of carbonyl (C=O) groups is 1. The van der Waals surface area contributed by atoms with Crippen LogP contribution in [0.2, 0.25) is 0 Å². The van der Waals surface area contributed by atoms with E-state index in [-0.39, 0.29) is 5.69 Å². The second-order valence-corrected chi connectivity index (χ2v) is 8.35. The molecule has 1 aliphatic heterocycles. The van der Waals surface area contributed by atoms with Crippen molar-refractivity contribution in [1.29, 1.82) is 0 Å². The number of anilines is 1. The van der Waals surface area contributed by atoms with Crippen molar-refractivity contribution in [2.24, 2.45) is 0 Å². The van der Waals surface area contributed by atoms with Gasteiger partial charge in [-0.3, -0.25) is 4.79 Å². The lowest BCUT2D eigenvalue weighted by molar-refractivity contribution is -0.134. The van der Waals surface area contributed by atoms with Crippen LogP contribution in [-0.4, -0.2) is 50.7 Å². The molecule has 0 saturated carbocycles. The van der Waals surface area contributed by atoms with Gasteiger partial charge >= 0.3 is 6.18 Å². The first kappa shape index (κ1) is 23.5. The number of amides is 1. The number of hydrogen-bond donors (Lipinski definition) is 0. The van der Waals surface area contributed by atoms with E-state index in [1.807, 2.05) is 12.1 Å². The van der Waals surface area contributed by atoms with E-state index in [0.717, 1.165) is 16.0 Å². The summed E-state index contributed by atoms with van der Waals surface area (Å²) in [5.41, 5.74) is 3.65. The number of nitrogens with zero attached hydrogens (tertiary/aromatic N) is 6. The smallest absolute Gasteiger partial charge is 0.406 e. The van der Waals surface area contributed by atoms with Gasteiger partial charge in [0.05, 0.1) is 13.3 Å². The molecule has 0 spiro atoms. The molecule has 1 aliphatic rings. The fourth-order valence-corrected chi connectivity index (χ4v) is 4.38. The van der Waals surface area contributed by atoms with Gasteiger partial charge in [-0.25, -0.2) is 14.6 Å². The highest BCUT2D eigenvalue weighted by atomic mass is 19.4. The molecule has 0 N–H and O–H groups in total. The Morgan fingerprint density at radius 3 is 2.61 bits per heavy atom. The van der Waals surface area contributed by atoms with Gasteiger partial charge < -0.3 is 9.64 Å². The molecule has 8 nitrogen and oxygen atoms in total. The van der Waals surface area contributed by atoms with E-state index in [1.54, 1.807) is 56.0 Å². The molecule has 4 aromatic rings. The molecular weight excluding hydrogens is 473 g/mol. The lowest BCUT2D eigenvalue weighted by Gasteiger charge is -2.26. The Bertz CT molecular complexity index is 1390. The van der Waals surface area contributed by atoms with Gasteiger partial charge in [0.2, 0.25) is 0 Å². The van der Waals surface area contributed by atoms with Gasteiger partial charge in [-0.2, -0.15) is 13.2 Å². The number of alkyl halides is 3. The van der Waals surface area contributed by atoms with E-state index in [0.29, 0.717) is 35.4 Å². The maximum atomic E-state index is 13.4. The van der Waals surface area contributed by atoms with Crippen LogP contribution < -0.4 is 9.64 Å². The molecule has 184 valence electrons. The Kier molecular flexibility index (Phi) is 6.13. The van der Waals surface area contributed by atoms with Crippen molar-refractivity contribution in [3.05, 3.63) is 72.9 Å². The van der Waals surface area contributed by atoms with E-state index in [1.165, 1.54) is 11.0 Å². The van der Waals surface area contributed by atoms with Gasteiger partial charge in [0, 0.05) is 34.8 Å². The zero-order chi connectivity index (χ0) is 25.3. The van der Waals surface area contributed by atoms with Gasteiger partial charge in [0.25, 0.3) is 5.91 Å². The molecule has 0 aliphatic carbocycles. The summed E-state index contributed by atoms with van der Waals surface area (Å²) in [6, 6.07) is 11.2. The Labute approximate surface area is 204 Å². The average molecular weight is 494 g/mol. The van der Waals surface area contributed by atoms with Crippen molar-refractivity contribution >= 4 is 11.6 Å². The molecule has 0 bridgehead atoms. The normalized spacial score (nSPS) is 15.9. The van der Waals surface area contributed by atoms with Gasteiger partial charge in [-0.05, 0) is 36.6 Å². The van der Waals surface area contributed by atoms with Gasteiger partial charge in [-0.15, -0.1) is 5.10 Å². The first-order valence-electron chi connectivity index (χ1n) is 11.2. The van der Waals surface area contributed by atoms with E-state index < -0.39 is 24.7 Å². The first-order chi connectivity index (χ1) is 17.3. The SMILES string of the molecule is COc1cc(-c2cn(C3CCc4ccccc4N(CC(F)(F)F)C3=O)nn2)ccc1-c1cncnc1. The monoisotopic (exact) mass is 494 g/mol. The standard InChI is InChI=1S/C25H21F3N6O2/c1-36-23-10-17(6-8-19(23)18-11-29-15-30-12-18)20-13-34(32-31-20)22-9-7-16-4-2-3-5-21(16)33(24(22)35)14-25(26,27)28/h2-6,8,10-13,15,22H,7,9,14H2,1H3. The van der Waals surface area contributed by atoms with E-state index in [2.05, 4.69) is 20.3 Å². The molecule has 1 amide bonds. The van der Waals surface area contributed by atoms with Crippen molar-refractivity contribution in [1.82, 2.24) is 25.0 Å². The van der Waals surface area contributed by atoms with Crippen LogP contribution in [0.25, 0.3) is 22.4 Å². The first-order valence-corrected chi connectivity index (χ1v) is 11.2. The maximum absolute atomic E-state index is 13.4. The number of hydrogen-bond acceptors (Lipinski definition) is 6. The van der Waals surface area contributed by atoms with E-state index >= 15 is 0 Å². The highest BCUT2D eigenvalue weighted by Gasteiger charge is 2.39. The van der Waals surface area contributed by atoms with Gasteiger partial charge in [0.15, 0.2) is 0 Å². The van der Waals surface area contributed by atoms with Crippen LogP contribution in [-0.2, 0) is 11.2 Å². The summed E-state index contributed by atoms with van der Waals surface area (Å²) >= 11 is 0. The lowest BCUT2D eigenvalue weighted by atomic mass is 10.0. The predicted molar refractivity (Wildman–Crippen MR) is 125 cm³/mol. The minimum atomic E-state index is -4.55. The van der Waals surface area contributed by atoms with Crippen LogP contribution in [0.5, 0.6) is 5.75 Å². The molecule has 11 heteroatoms. The number of aromatic nitrogens is 5. The van der Waals surface area contributed by atoms with Crippen molar-refractivity contribution in [3.8, 4) is 28.1 Å². The molecule has 0 fully saturated rings. The van der Waals surface area contributed by atoms with Gasteiger partial charge in [0.1, 0.15) is 30.4 Å². The van der Waals surface area contributed by atoms with Crippen LogP contribution in [0.1, 0.15) is 18.0 Å². The Morgan fingerprint density at radius 1 is 1.08 bits per heavy atom. The summed E-state index contributed by atoms with van der Waals surface area (Å²) in [6.07, 6.45) is 2.52. The number of carbonyl (C=O) groups excluding carboxylic acids is 1. The molecule has 0 saturated heterocycles. The van der Waals surface area contributed by atoms with Crippen LogP contribution >= 0.6 is 0 Å². The third kappa shape index (κ3) is 4.64. The third-order valence-electron chi connectivity index (χ3n) is 6.06. The fraction of sp³-hybridized carbons (Fsp3) is 0.240. The highest BCUT2D eigenvalue weighted by molar-refractivity contribution is 5.97. The topological polar surface area (TPSA) is 86.0 Å². The van der Waals surface area contributed by atoms with Crippen LogP contribution in [0, 0.1) is 0 Å². The molecule has 2 aromatic carbocycles. The van der Waals surface area contributed by atoms with Crippen molar-refractivity contribution in [3.63, 3.8) is 0 Å². The molecule has 0 radical (unpaired) electrons. The van der Waals surface area contributed by atoms with Crippen molar-refractivity contribution in [2.75, 3.05) is 18.6 Å². The summed E-state index contributed by atoms with van der Waals surface area (Å²) in [5.74, 6) is -0.111. The summed E-state index contributed by atoms with van der Waals surface area (Å²) < 4.78 is 47.0. The molecule has 5 rings (SSSR count). The summed E-state index contributed by atoms with van der Waals surface area (Å²) in [7, 11) is 1.54. The van der Waals surface area contributed by atoms with Crippen molar-refractivity contribution in [2.45, 2.75) is 25.1 Å². The van der Waals surface area contributed by atoms with Crippen LogP contribution in [0.4, 0.5) is 18.9 Å². The number of para-hydroxylation sites is 1. The van der Waals surface area contributed by atoms with E-state index in [9.17, 15) is 18.0 Å². The quantitative estimate of drug-likeness (QED) is 0.406. The minimum Gasteiger partial charge on any atom is -0.496 e. The molecule has 2 aromatic heterocycles. The molecule has 1 atom stereocenters. The zero-order valence-electron chi connectivity index (χ0n) is 19.2. The predicted octanol–water partition coefficient (Wildman–Crippen LogP) is 4.49. The number of aryl methyl sites for hydroxylation is 1. The van der Waals surface area contributed by atoms with Crippen LogP contribution in [0.3, 0.4) is 0 Å². The second-order valence-electron chi connectivity index (χ2n) is 8.35. The number of ether oxygens (including phenoxy) is 1. The fourth-order valence-electron chi connectivity index (χ4n) is 4.38. The van der Waals surface area contributed by atoms with Crippen molar-refractivity contribution < 1.29 is 22.7 Å². The average Bonchev–Trinajstić information content (AvgIpc) is 3.32. The lowest BCUT2D eigenvalue weighted by Crippen LogP contribution is -2.42. The number of fused-ring (bicyclic) bond motifs is 1. The number of rotatable bonds is 5. The summed E-state index contributed by atoms with van der Waals surface area (Å²) in [4.78, 5) is 22.2. The third-order valence-corrected chi connectivity index (χ3v) is 6.06. The molecule has 36 heavy (non-hydrogen) atoms. The molecule has 3 heterocycles. The van der Waals surface area contributed by atoms with E-state index in [4.69, 9.17) is 4.74 Å². The summed E-state index contributed by atoms with van der Waals surface area (Å²) in [6.45, 7) is -1.37. The molecule has 1 unspecified atom stereocenters. The second kappa shape index (κ2) is 9.40. The molecular formula is C25H21F3N6O2. The minimum absolute atomic E-state index is 0.271. The summed E-state index contributed by atoms with van der Waals surface area (Å²) in [5, 5.41) is 8.31. The highest BCUT2D eigenvalue weighted by Crippen LogP contribution is 2.35. The maximum Gasteiger partial charge on any atom is 0.406 e. The van der Waals surface area contributed by atoms with Crippen LogP contribution in [0.15, 0.2) is 67.4 Å². The number of methoxy groups -OCH3 is 1. The number of benzene rings is 2. The van der Waals surface area contributed by atoms with Gasteiger partial charge in [-0.1, -0.05) is 29.5 Å². The largest absolute Gasteiger partial charge is 0.496 e. The number of halogens is 3. The Morgan fingerprint density at radius 2 is 1.86 bits per heavy atom. The zero-order valence-corrected chi connectivity index (χ0v) is 19.2.